The lowest BCUT2D eigenvalue weighted by Crippen LogP contribution is -2.43. The summed E-state index contributed by atoms with van der Waals surface area (Å²) in [6, 6.07) is -0.271. The first-order chi connectivity index (χ1) is 9.08. The molecule has 1 saturated heterocycles. The molecule has 0 radical (unpaired) electrons. The summed E-state index contributed by atoms with van der Waals surface area (Å²) in [4.78, 5) is 14.4. The van der Waals surface area contributed by atoms with E-state index >= 15 is 0 Å². The number of nitrogens with one attached hydrogen (secondary N) is 1. The van der Waals surface area contributed by atoms with Gasteiger partial charge in [0.1, 0.15) is 6.04 Å². The average molecular weight is 265 g/mol. The number of nitrogens with zero attached hydrogens (tertiary/aromatic N) is 3. The Balaban J connectivity index is 1.80. The number of carbonyl (C=O) groups excluding carboxylic acids is 1. The normalized spacial score (nSPS) is 19.3. The number of amides is 1. The third-order valence-electron chi connectivity index (χ3n) is 3.70. The van der Waals surface area contributed by atoms with Crippen LogP contribution in [-0.4, -0.2) is 46.3 Å². The maximum Gasteiger partial charge on any atom is 0.241 e. The number of hydrogen-bond donors (Lipinski definition) is 2. The third-order valence-corrected chi connectivity index (χ3v) is 3.70. The summed E-state index contributed by atoms with van der Waals surface area (Å²) in [5.74, 6) is -0.140. The van der Waals surface area contributed by atoms with E-state index in [1.807, 2.05) is 7.05 Å². The first kappa shape index (κ1) is 14.0. The molecule has 1 amide bonds. The van der Waals surface area contributed by atoms with Gasteiger partial charge in [-0.25, -0.2) is 0 Å². The van der Waals surface area contributed by atoms with Gasteiger partial charge in [-0.15, -0.1) is 0 Å². The summed E-state index contributed by atoms with van der Waals surface area (Å²) in [5.41, 5.74) is 6.66. The molecule has 2 rings (SSSR count). The highest BCUT2D eigenvalue weighted by atomic mass is 16.2. The molecule has 1 aromatic heterocycles. The Hall–Kier alpha value is -1.40. The van der Waals surface area contributed by atoms with Gasteiger partial charge in [0.2, 0.25) is 5.91 Å². The molecule has 2 atom stereocenters. The van der Waals surface area contributed by atoms with Crippen molar-refractivity contribution in [3.63, 3.8) is 0 Å². The fourth-order valence-corrected chi connectivity index (χ4v) is 2.42. The molecular formula is C13H23N5O. The van der Waals surface area contributed by atoms with Gasteiger partial charge >= 0.3 is 0 Å². The van der Waals surface area contributed by atoms with Gasteiger partial charge in [-0.3, -0.25) is 14.4 Å². The average Bonchev–Trinajstić information content (AvgIpc) is 3.05. The number of likely N-dealkylation sites (tertiary alicyclic amines) is 1. The minimum absolute atomic E-state index is 0.140. The molecule has 19 heavy (non-hydrogen) atoms. The van der Waals surface area contributed by atoms with Crippen molar-refractivity contribution < 1.29 is 4.79 Å². The van der Waals surface area contributed by atoms with Crippen molar-refractivity contribution in [2.24, 2.45) is 12.8 Å². The van der Waals surface area contributed by atoms with Crippen LogP contribution in [0.25, 0.3) is 0 Å². The monoisotopic (exact) mass is 265 g/mol. The Morgan fingerprint density at radius 3 is 2.79 bits per heavy atom. The molecular weight excluding hydrogens is 242 g/mol. The molecule has 1 fully saturated rings. The number of hydrogen-bond acceptors (Lipinski definition) is 4. The molecule has 6 heteroatoms. The predicted molar refractivity (Wildman–Crippen MR) is 73.4 cm³/mol. The summed E-state index contributed by atoms with van der Waals surface area (Å²) >= 11 is 0. The molecule has 0 spiro atoms. The number of carbonyl (C=O) groups is 1. The summed E-state index contributed by atoms with van der Waals surface area (Å²) in [6.45, 7) is 5.05. The molecule has 106 valence electrons. The lowest BCUT2D eigenvalue weighted by molar-refractivity contribution is -0.122. The van der Waals surface area contributed by atoms with E-state index in [-0.39, 0.29) is 5.91 Å². The number of aryl methyl sites for hydroxylation is 1. The number of nitrogens with two attached hydrogens (primary N) is 1. The molecule has 3 N–H and O–H groups in total. The molecule has 1 aromatic rings. The molecule has 0 aromatic carbocycles. The van der Waals surface area contributed by atoms with Crippen molar-refractivity contribution in [2.45, 2.75) is 31.8 Å². The Morgan fingerprint density at radius 2 is 2.21 bits per heavy atom. The maximum absolute atomic E-state index is 12.0. The van der Waals surface area contributed by atoms with Crippen LogP contribution in [0.2, 0.25) is 0 Å². The van der Waals surface area contributed by atoms with Crippen LogP contribution >= 0.6 is 0 Å². The minimum Gasteiger partial charge on any atom is -0.353 e. The Morgan fingerprint density at radius 1 is 1.53 bits per heavy atom. The molecule has 0 saturated carbocycles. The number of rotatable bonds is 5. The van der Waals surface area contributed by atoms with E-state index < -0.39 is 6.04 Å². The van der Waals surface area contributed by atoms with Gasteiger partial charge in [-0.1, -0.05) is 0 Å². The fourth-order valence-electron chi connectivity index (χ4n) is 2.42. The van der Waals surface area contributed by atoms with Crippen LogP contribution in [0.15, 0.2) is 12.4 Å². The first-order valence-electron chi connectivity index (χ1n) is 6.84. The van der Waals surface area contributed by atoms with E-state index in [9.17, 15) is 4.79 Å². The highest BCUT2D eigenvalue weighted by molar-refractivity contribution is 5.82. The molecule has 0 bridgehead atoms. The summed E-state index contributed by atoms with van der Waals surface area (Å²) in [6.07, 6.45) is 5.92. The minimum atomic E-state index is -0.639. The van der Waals surface area contributed by atoms with Crippen molar-refractivity contribution in [1.82, 2.24) is 20.0 Å². The van der Waals surface area contributed by atoms with Gasteiger partial charge in [0.15, 0.2) is 0 Å². The van der Waals surface area contributed by atoms with E-state index in [1.165, 1.54) is 12.8 Å². The summed E-state index contributed by atoms with van der Waals surface area (Å²) in [5, 5.41) is 6.95. The van der Waals surface area contributed by atoms with Gasteiger partial charge in [-0.05, 0) is 32.9 Å². The van der Waals surface area contributed by atoms with Gasteiger partial charge in [-0.2, -0.15) is 5.10 Å². The molecule has 6 nitrogen and oxygen atoms in total. The molecule has 1 aliphatic rings. The first-order valence-corrected chi connectivity index (χ1v) is 6.84. The Labute approximate surface area is 113 Å². The Bertz CT molecular complexity index is 424. The molecule has 2 heterocycles. The smallest absolute Gasteiger partial charge is 0.241 e. The fraction of sp³-hybridized carbons (Fsp3) is 0.692. The van der Waals surface area contributed by atoms with E-state index in [1.54, 1.807) is 17.1 Å². The maximum atomic E-state index is 12.0. The lowest BCUT2D eigenvalue weighted by Gasteiger charge is -2.24. The van der Waals surface area contributed by atoms with Crippen LogP contribution in [-0.2, 0) is 11.8 Å². The molecule has 1 aliphatic heterocycles. The van der Waals surface area contributed by atoms with E-state index in [2.05, 4.69) is 22.2 Å². The highest BCUT2D eigenvalue weighted by Gasteiger charge is 2.21. The van der Waals surface area contributed by atoms with Gasteiger partial charge in [0.25, 0.3) is 0 Å². The molecule has 0 aliphatic carbocycles. The Kier molecular flexibility index (Phi) is 4.55. The predicted octanol–water partition coefficient (Wildman–Crippen LogP) is 0.0204. The van der Waals surface area contributed by atoms with Crippen molar-refractivity contribution in [3.8, 4) is 0 Å². The largest absolute Gasteiger partial charge is 0.353 e. The van der Waals surface area contributed by atoms with Crippen LogP contribution in [0.3, 0.4) is 0 Å². The SMILES string of the molecule is CC(CNC(=O)C(N)c1cnn(C)c1)N1CCCC1. The standard InChI is InChI=1S/C13H23N5O/c1-10(18-5-3-4-6-18)7-15-13(19)12(14)11-8-16-17(2)9-11/h8-10,12H,3-7,14H2,1-2H3,(H,15,19). The van der Waals surface area contributed by atoms with Gasteiger partial charge < -0.3 is 11.1 Å². The van der Waals surface area contributed by atoms with Crippen LogP contribution in [0.5, 0.6) is 0 Å². The zero-order valence-corrected chi connectivity index (χ0v) is 11.7. The van der Waals surface area contributed by atoms with E-state index in [0.29, 0.717) is 12.6 Å². The third kappa shape index (κ3) is 3.54. The number of aromatic nitrogens is 2. The van der Waals surface area contributed by atoms with Crippen LogP contribution < -0.4 is 11.1 Å². The van der Waals surface area contributed by atoms with Gasteiger partial charge in [0.05, 0.1) is 6.20 Å². The topological polar surface area (TPSA) is 76.2 Å². The zero-order valence-electron chi connectivity index (χ0n) is 11.7. The zero-order chi connectivity index (χ0) is 13.8. The second kappa shape index (κ2) is 6.16. The highest BCUT2D eigenvalue weighted by Crippen LogP contribution is 2.12. The van der Waals surface area contributed by atoms with Crippen molar-refractivity contribution in [1.29, 1.82) is 0 Å². The van der Waals surface area contributed by atoms with Gasteiger partial charge in [0, 0.05) is 31.4 Å². The van der Waals surface area contributed by atoms with Crippen molar-refractivity contribution in [3.05, 3.63) is 18.0 Å². The summed E-state index contributed by atoms with van der Waals surface area (Å²) in [7, 11) is 1.81. The van der Waals surface area contributed by atoms with Crippen molar-refractivity contribution in [2.75, 3.05) is 19.6 Å². The van der Waals surface area contributed by atoms with Crippen LogP contribution in [0, 0.1) is 0 Å². The van der Waals surface area contributed by atoms with E-state index in [0.717, 1.165) is 18.7 Å². The van der Waals surface area contributed by atoms with E-state index in [4.69, 9.17) is 5.73 Å². The quantitative estimate of drug-likeness (QED) is 0.787. The van der Waals surface area contributed by atoms with Crippen LogP contribution in [0.1, 0.15) is 31.4 Å². The molecule has 2 unspecified atom stereocenters. The summed E-state index contributed by atoms with van der Waals surface area (Å²) < 4.78 is 1.65. The lowest BCUT2D eigenvalue weighted by atomic mass is 10.1. The van der Waals surface area contributed by atoms with Crippen LogP contribution in [0.4, 0.5) is 0 Å². The second-order valence-electron chi connectivity index (χ2n) is 5.26. The second-order valence-corrected chi connectivity index (χ2v) is 5.26. The van der Waals surface area contributed by atoms with Crippen molar-refractivity contribution >= 4 is 5.91 Å².